The van der Waals surface area contributed by atoms with Crippen LogP contribution >= 0.6 is 0 Å². The topological polar surface area (TPSA) is 200 Å². The number of amides is 2. The Kier molecular flexibility index (Phi) is 7.22. The van der Waals surface area contributed by atoms with Crippen molar-refractivity contribution in [1.82, 2.24) is 10.2 Å². The molecule has 0 bridgehead atoms. The van der Waals surface area contributed by atoms with Crippen LogP contribution in [0.2, 0.25) is 0 Å². The van der Waals surface area contributed by atoms with E-state index in [2.05, 4.69) is 5.32 Å². The van der Waals surface area contributed by atoms with Crippen LogP contribution in [-0.4, -0.2) is 81.2 Å². The number of alkyl carbamates (subject to hydrolysis) is 1. The summed E-state index contributed by atoms with van der Waals surface area (Å²) < 4.78 is 5.24. The summed E-state index contributed by atoms with van der Waals surface area (Å²) in [5.41, 5.74) is 2.29. The number of likely N-dealkylation sites (N-methyl/N-ethyl adjacent to an activating group) is 1. The van der Waals surface area contributed by atoms with Crippen LogP contribution in [0.3, 0.4) is 0 Å². The van der Waals surface area contributed by atoms with E-state index in [0.717, 1.165) is 0 Å². The number of phenols is 1. The number of aromatic hydroxyl groups is 1. The summed E-state index contributed by atoms with van der Waals surface area (Å²) in [7, 11) is 3.07. The quantitative estimate of drug-likeness (QED) is 0.286. The zero-order chi connectivity index (χ0) is 29.9. The van der Waals surface area contributed by atoms with Crippen molar-refractivity contribution in [3.63, 3.8) is 0 Å². The predicted octanol–water partition coefficient (Wildman–Crippen LogP) is 1.24. The first-order chi connectivity index (χ1) is 18.5. The molecule has 3 aliphatic carbocycles. The van der Waals surface area contributed by atoms with Gasteiger partial charge in [0.25, 0.3) is 5.91 Å². The highest BCUT2D eigenvalue weighted by molar-refractivity contribution is 6.24. The second-order valence-electron chi connectivity index (χ2n) is 12.0. The van der Waals surface area contributed by atoms with Crippen molar-refractivity contribution in [2.45, 2.75) is 51.8 Å². The first-order valence-electron chi connectivity index (χ1n) is 12.9. The number of primary amides is 1. The van der Waals surface area contributed by atoms with Crippen molar-refractivity contribution >= 4 is 29.3 Å². The number of ether oxygens (including phenoxy) is 1. The van der Waals surface area contributed by atoms with Gasteiger partial charge in [0.1, 0.15) is 22.8 Å². The zero-order valence-corrected chi connectivity index (χ0v) is 23.1. The van der Waals surface area contributed by atoms with Gasteiger partial charge in [-0.2, -0.15) is 0 Å². The number of nitrogens with two attached hydrogens (primary N) is 1. The number of aliphatic hydroxyl groups is 3. The molecule has 7 N–H and O–H groups in total. The molecule has 12 heteroatoms. The van der Waals surface area contributed by atoms with E-state index in [0.29, 0.717) is 11.1 Å². The van der Waals surface area contributed by atoms with Crippen molar-refractivity contribution in [3.8, 4) is 5.75 Å². The number of ketones is 2. The van der Waals surface area contributed by atoms with Gasteiger partial charge in [0.05, 0.1) is 18.2 Å². The maximum Gasteiger partial charge on any atom is 0.407 e. The van der Waals surface area contributed by atoms with Gasteiger partial charge in [0.15, 0.2) is 11.4 Å². The lowest BCUT2D eigenvalue weighted by molar-refractivity contribution is -0.153. The first-order valence-corrected chi connectivity index (χ1v) is 12.9. The smallest absolute Gasteiger partial charge is 0.407 e. The average Bonchev–Trinajstić information content (AvgIpc) is 2.83. The third kappa shape index (κ3) is 4.60. The summed E-state index contributed by atoms with van der Waals surface area (Å²) in [4.78, 5) is 52.8. The highest BCUT2D eigenvalue weighted by Gasteiger charge is 2.64. The molecule has 0 heterocycles. The Morgan fingerprint density at radius 2 is 1.82 bits per heavy atom. The Bertz CT molecular complexity index is 1370. The number of phenolic OH excluding ortho intramolecular Hbond substituents is 1. The molecule has 3 aliphatic rings. The molecule has 1 fully saturated rings. The summed E-state index contributed by atoms with van der Waals surface area (Å²) in [6.45, 7) is 5.95. The van der Waals surface area contributed by atoms with Gasteiger partial charge >= 0.3 is 6.09 Å². The predicted molar refractivity (Wildman–Crippen MR) is 142 cm³/mol. The van der Waals surface area contributed by atoms with Crippen molar-refractivity contribution in [2.75, 3.05) is 20.7 Å². The fourth-order valence-electron chi connectivity index (χ4n) is 5.97. The lowest BCUT2D eigenvalue weighted by Crippen LogP contribution is -2.65. The standard InChI is InChI=1S/C28H35N3O9/c1-27(2,3)11-40-26(38)30-10-12-6-7-16(32)18-14(12)8-13-9-15-20(31(4)5)22(34)19(25(29)37)24(36)28(15,39)23(35)17(13)21(18)33/h6-7,13,15,20,32-33,36,39H,8-11H2,1-5H3,(H2,29,37)(H,30,38)/t13-,15-,20+,28-/m0/s1. The molecule has 4 atom stereocenters. The molecule has 0 aromatic heterocycles. The average molecular weight is 558 g/mol. The van der Waals surface area contributed by atoms with Gasteiger partial charge < -0.3 is 36.2 Å². The summed E-state index contributed by atoms with van der Waals surface area (Å²) in [5, 5.41) is 47.1. The van der Waals surface area contributed by atoms with Crippen LogP contribution in [0.15, 0.2) is 29.0 Å². The zero-order valence-electron chi connectivity index (χ0n) is 23.1. The first kappa shape index (κ1) is 29.1. The molecule has 1 aromatic rings. The lowest BCUT2D eigenvalue weighted by atomic mass is 9.57. The maximum atomic E-state index is 13.9. The van der Waals surface area contributed by atoms with Crippen LogP contribution in [0, 0.1) is 17.3 Å². The van der Waals surface area contributed by atoms with Gasteiger partial charge in [-0.05, 0) is 55.5 Å². The van der Waals surface area contributed by atoms with Gasteiger partial charge in [-0.1, -0.05) is 26.8 Å². The second-order valence-corrected chi connectivity index (χ2v) is 12.0. The van der Waals surface area contributed by atoms with Gasteiger partial charge in [-0.15, -0.1) is 0 Å². The van der Waals surface area contributed by atoms with Crippen LogP contribution in [0.1, 0.15) is 43.9 Å². The molecule has 0 unspecified atom stereocenters. The maximum absolute atomic E-state index is 13.9. The second kappa shape index (κ2) is 9.93. The van der Waals surface area contributed by atoms with Gasteiger partial charge in [-0.3, -0.25) is 19.3 Å². The third-order valence-electron chi connectivity index (χ3n) is 7.76. The van der Waals surface area contributed by atoms with Crippen molar-refractivity contribution in [1.29, 1.82) is 0 Å². The van der Waals surface area contributed by atoms with E-state index in [1.165, 1.54) is 25.1 Å². The van der Waals surface area contributed by atoms with E-state index < -0.39 is 64.1 Å². The van der Waals surface area contributed by atoms with E-state index in [9.17, 15) is 39.6 Å². The number of nitrogens with zero attached hydrogens (tertiary/aromatic N) is 1. The normalized spacial score (nSPS) is 26.3. The van der Waals surface area contributed by atoms with Gasteiger partial charge in [0, 0.05) is 18.0 Å². The third-order valence-corrected chi connectivity index (χ3v) is 7.76. The number of benzene rings is 1. The van der Waals surface area contributed by atoms with E-state index in [-0.39, 0.29) is 48.3 Å². The molecule has 2 amide bonds. The minimum atomic E-state index is -2.70. The Morgan fingerprint density at radius 3 is 2.40 bits per heavy atom. The molecule has 12 nitrogen and oxygen atoms in total. The molecule has 0 aliphatic heterocycles. The van der Waals surface area contributed by atoms with Gasteiger partial charge in [0.2, 0.25) is 5.78 Å². The monoisotopic (exact) mass is 557 g/mol. The number of hydrogen-bond acceptors (Lipinski definition) is 10. The number of nitrogens with one attached hydrogen (secondary N) is 1. The van der Waals surface area contributed by atoms with Crippen LogP contribution in [0.25, 0.3) is 5.76 Å². The molecular formula is C28H35N3O9. The Morgan fingerprint density at radius 1 is 1.18 bits per heavy atom. The van der Waals surface area contributed by atoms with Crippen LogP contribution < -0.4 is 11.1 Å². The van der Waals surface area contributed by atoms with Crippen molar-refractivity contribution in [3.05, 3.63) is 45.7 Å². The molecule has 4 rings (SSSR count). The molecule has 0 radical (unpaired) electrons. The molecular weight excluding hydrogens is 522 g/mol. The van der Waals surface area contributed by atoms with E-state index in [4.69, 9.17) is 10.5 Å². The van der Waals surface area contributed by atoms with Crippen molar-refractivity contribution in [2.24, 2.45) is 23.0 Å². The van der Waals surface area contributed by atoms with Gasteiger partial charge in [-0.25, -0.2) is 4.79 Å². The summed E-state index contributed by atoms with van der Waals surface area (Å²) in [5.74, 6) is -7.14. The Labute approximate surface area is 231 Å². The number of rotatable bonds is 5. The highest BCUT2D eigenvalue weighted by atomic mass is 16.5. The van der Waals surface area contributed by atoms with E-state index >= 15 is 0 Å². The molecule has 1 saturated carbocycles. The number of carbonyl (C=O) groups is 4. The molecule has 1 aromatic carbocycles. The lowest BCUT2D eigenvalue weighted by Gasteiger charge is -2.50. The van der Waals surface area contributed by atoms with Crippen molar-refractivity contribution < 1.29 is 44.3 Å². The molecule has 216 valence electrons. The summed E-state index contributed by atoms with van der Waals surface area (Å²) in [6, 6.07) is 1.72. The van der Waals surface area contributed by atoms with E-state index in [1.807, 2.05) is 20.8 Å². The number of hydrogen-bond donors (Lipinski definition) is 6. The fraction of sp³-hybridized carbons (Fsp3) is 0.500. The SMILES string of the molecule is CN(C)[C@H]1C(=O)C(C(N)=O)=C(O)[C@@]2(O)C(=O)C3=C(O)c4c(O)ccc(CNC(=O)OCC(C)(C)C)c4C[C@H]3C[C@@H]12. The molecule has 40 heavy (non-hydrogen) atoms. The number of carbonyl (C=O) groups excluding carboxylic acids is 4. The largest absolute Gasteiger partial charge is 0.508 e. The minimum Gasteiger partial charge on any atom is -0.508 e. The number of aliphatic hydroxyl groups excluding tert-OH is 2. The molecule has 0 spiro atoms. The minimum absolute atomic E-state index is 0.00649. The summed E-state index contributed by atoms with van der Waals surface area (Å²) in [6.07, 6.45) is -0.549. The van der Waals surface area contributed by atoms with E-state index in [1.54, 1.807) is 6.07 Å². The Hall–Kier alpha value is -3.90. The van der Waals surface area contributed by atoms with Crippen LogP contribution in [0.5, 0.6) is 5.75 Å². The highest BCUT2D eigenvalue weighted by Crippen LogP contribution is 2.52. The fourth-order valence-corrected chi connectivity index (χ4v) is 5.97. The Balaban J connectivity index is 1.77. The van der Waals surface area contributed by atoms with Crippen LogP contribution in [-0.2, 0) is 32.1 Å². The van der Waals surface area contributed by atoms with Crippen LogP contribution in [0.4, 0.5) is 4.79 Å². The molecule has 0 saturated heterocycles. The number of fused-ring (bicyclic) bond motifs is 3. The number of Topliss-reactive ketones (excluding diaryl/α,β-unsaturated/α-hetero) is 2. The summed E-state index contributed by atoms with van der Waals surface area (Å²) >= 11 is 0.